The molecule has 4 aromatic carbocycles. The molecule has 1 amide bonds. The lowest BCUT2D eigenvalue weighted by molar-refractivity contribution is -0.384. The summed E-state index contributed by atoms with van der Waals surface area (Å²) in [5.41, 5.74) is 4.12. The zero-order chi connectivity index (χ0) is 50.7. The van der Waals surface area contributed by atoms with Gasteiger partial charge in [0.05, 0.1) is 56.2 Å². The molecule has 6 atom stereocenters. The van der Waals surface area contributed by atoms with Gasteiger partial charge in [-0.2, -0.15) is 0 Å². The number of oxime groups is 1. The molecule has 0 saturated heterocycles. The van der Waals surface area contributed by atoms with E-state index in [2.05, 4.69) is 12.7 Å². The first-order valence-corrected chi connectivity index (χ1v) is 24.6. The summed E-state index contributed by atoms with van der Waals surface area (Å²) in [5, 5.41) is 46.0. The van der Waals surface area contributed by atoms with Crippen LogP contribution >= 0.6 is 0 Å². The van der Waals surface area contributed by atoms with Crippen molar-refractivity contribution in [3.63, 3.8) is 0 Å². The van der Waals surface area contributed by atoms with Gasteiger partial charge in [-0.15, -0.1) is 6.58 Å². The van der Waals surface area contributed by atoms with Gasteiger partial charge in [-0.05, 0) is 96.7 Å². The van der Waals surface area contributed by atoms with Crippen molar-refractivity contribution in [2.75, 3.05) is 59.4 Å². The fourth-order valence-corrected chi connectivity index (χ4v) is 10.1. The first-order valence-electron chi connectivity index (χ1n) is 24.6. The first kappa shape index (κ1) is 53.3. The second-order valence-electron chi connectivity index (χ2n) is 17.9. The maximum absolute atomic E-state index is 14.8. The van der Waals surface area contributed by atoms with Gasteiger partial charge >= 0.3 is 6.09 Å². The number of nitro benzene ring substituents is 1. The fraction of sp³-hybridized carbons (Fsp3) is 0.436. The fourth-order valence-electron chi connectivity index (χ4n) is 10.1. The van der Waals surface area contributed by atoms with Crippen LogP contribution in [0.5, 0.6) is 17.2 Å². The van der Waals surface area contributed by atoms with Gasteiger partial charge in [0.2, 0.25) is 5.79 Å². The molecule has 7 rings (SSSR count). The number of hydrogen-bond donors (Lipinski definition) is 3. The molecule has 3 N–H and O–H groups in total. The lowest BCUT2D eigenvalue weighted by Crippen LogP contribution is -2.70. The van der Waals surface area contributed by atoms with Gasteiger partial charge in [-0.1, -0.05) is 72.6 Å². The second-order valence-corrected chi connectivity index (χ2v) is 17.9. The van der Waals surface area contributed by atoms with Gasteiger partial charge in [0.1, 0.15) is 42.8 Å². The third-order valence-electron chi connectivity index (χ3n) is 13.3. The molecule has 1 saturated carbocycles. The van der Waals surface area contributed by atoms with Gasteiger partial charge in [0.25, 0.3) is 5.69 Å². The highest BCUT2D eigenvalue weighted by Gasteiger charge is 2.65. The van der Waals surface area contributed by atoms with Crippen LogP contribution in [0.1, 0.15) is 77.9 Å². The number of fused-ring (bicyclic) bond motifs is 2. The number of carbonyl (C=O) groups is 2. The number of nitrogens with zero attached hydrogens (tertiary/aromatic N) is 3. The molecular weight excluding hydrogens is 927 g/mol. The Balaban J connectivity index is 1.37. The lowest BCUT2D eigenvalue weighted by atomic mass is 9.55. The van der Waals surface area contributed by atoms with Crippen LogP contribution in [0.15, 0.2) is 127 Å². The van der Waals surface area contributed by atoms with Crippen molar-refractivity contribution in [1.82, 2.24) is 4.90 Å². The number of nitro groups is 1. The summed E-state index contributed by atoms with van der Waals surface area (Å²) < 4.78 is 38.5. The van der Waals surface area contributed by atoms with Crippen LogP contribution in [0.4, 0.5) is 10.5 Å². The lowest BCUT2D eigenvalue weighted by Gasteiger charge is -2.59. The van der Waals surface area contributed by atoms with E-state index in [1.165, 1.54) is 17.0 Å². The minimum absolute atomic E-state index is 0.00645. The van der Waals surface area contributed by atoms with Crippen molar-refractivity contribution in [1.29, 1.82) is 0 Å². The third-order valence-corrected chi connectivity index (χ3v) is 13.3. The largest absolute Gasteiger partial charge is 0.459 e. The van der Waals surface area contributed by atoms with Crippen molar-refractivity contribution in [3.8, 4) is 17.2 Å². The van der Waals surface area contributed by atoms with E-state index < -0.39 is 28.8 Å². The molecule has 3 aliphatic rings. The van der Waals surface area contributed by atoms with Gasteiger partial charge in [0, 0.05) is 55.4 Å². The van der Waals surface area contributed by atoms with Crippen molar-refractivity contribution in [3.05, 3.63) is 154 Å². The molecule has 72 heavy (non-hydrogen) atoms. The molecule has 4 aromatic rings. The van der Waals surface area contributed by atoms with Crippen LogP contribution < -0.4 is 9.47 Å². The molecule has 384 valence electrons. The number of aliphatic hydroxyl groups is 3. The van der Waals surface area contributed by atoms with Crippen LogP contribution in [-0.2, 0) is 37.0 Å². The van der Waals surface area contributed by atoms with Crippen molar-refractivity contribution >= 4 is 23.8 Å². The van der Waals surface area contributed by atoms with Crippen LogP contribution in [0.2, 0.25) is 0 Å². The van der Waals surface area contributed by atoms with Crippen molar-refractivity contribution < 1.29 is 63.1 Å². The van der Waals surface area contributed by atoms with E-state index in [-0.39, 0.29) is 95.9 Å². The van der Waals surface area contributed by atoms with Crippen molar-refractivity contribution in [2.45, 2.75) is 75.9 Å². The Morgan fingerprint density at radius 1 is 0.847 bits per heavy atom. The molecule has 1 heterocycles. The first-order chi connectivity index (χ1) is 35.2. The number of amides is 1. The number of hydrogen-bond acceptors (Lipinski definition) is 15. The van der Waals surface area contributed by atoms with E-state index in [0.717, 1.165) is 35.8 Å². The van der Waals surface area contributed by atoms with Crippen LogP contribution in [0.25, 0.3) is 0 Å². The number of ether oxygens (including phenoxy) is 6. The zero-order valence-corrected chi connectivity index (χ0v) is 40.5. The Kier molecular flexibility index (Phi) is 19.9. The topological polar surface area (TPSA) is 218 Å². The van der Waals surface area contributed by atoms with E-state index in [9.17, 15) is 35.0 Å². The predicted molar refractivity (Wildman–Crippen MR) is 267 cm³/mol. The Morgan fingerprint density at radius 2 is 1.61 bits per heavy atom. The highest BCUT2D eigenvalue weighted by atomic mass is 16.7. The molecule has 1 fully saturated rings. The van der Waals surface area contributed by atoms with Crippen LogP contribution in [-0.4, -0.2) is 114 Å². The second kappa shape index (κ2) is 26.8. The molecular formula is C55H65N3O14. The number of allylic oxidation sites excluding steroid dienone is 1. The molecule has 6 unspecified atom stereocenters. The van der Waals surface area contributed by atoms with Gasteiger partial charge < -0.3 is 48.6 Å². The zero-order valence-electron chi connectivity index (χ0n) is 40.5. The summed E-state index contributed by atoms with van der Waals surface area (Å²) in [4.78, 5) is 45.2. The molecule has 1 aliphatic heterocycles. The number of carbonyl (C=O) groups excluding carboxylic acids is 2. The standard InChI is InChI=1S/C55H65N3O14/c1-2-27-69-55-51(57(23-28-66-29-26-61)54(63)68-31-30-67-37-39-11-4-3-5-12-39)35-49(56-70-38-40-17-19-43(20-18-40)58(64)65)47-33-42(14-6-8-24-59)46(16-7-9-25-60)52(53(47)55)48-34-45(21-22-50(48)72-55)71-44-15-10-13-41(32-44)36-62/h2-5,10-13,15,17-22,32-34,36,42,46,51-53,59-61H,1,6-9,14,16,23-31,35,37-38H2. The maximum atomic E-state index is 14.8. The highest BCUT2D eigenvalue weighted by Crippen LogP contribution is 2.62. The molecule has 0 bridgehead atoms. The molecule has 0 radical (unpaired) electrons. The molecule has 17 heteroatoms. The van der Waals surface area contributed by atoms with E-state index >= 15 is 0 Å². The maximum Gasteiger partial charge on any atom is 0.410 e. The van der Waals surface area contributed by atoms with E-state index in [1.54, 1.807) is 48.5 Å². The Bertz CT molecular complexity index is 2470. The molecule has 17 nitrogen and oxygen atoms in total. The molecule has 0 spiro atoms. The van der Waals surface area contributed by atoms with Crippen molar-refractivity contribution in [2.24, 2.45) is 22.9 Å². The summed E-state index contributed by atoms with van der Waals surface area (Å²) in [6.07, 6.45) is 7.95. The summed E-state index contributed by atoms with van der Waals surface area (Å²) in [6.45, 7) is 4.22. The van der Waals surface area contributed by atoms with Gasteiger partial charge in [0.15, 0.2) is 0 Å². The molecule has 2 aliphatic carbocycles. The average Bonchev–Trinajstić information content (AvgIpc) is 3.39. The Hall–Kier alpha value is -6.47. The number of unbranched alkanes of at least 4 members (excludes halogenated alkanes) is 2. The van der Waals surface area contributed by atoms with E-state index in [4.69, 9.17) is 38.4 Å². The number of rotatable bonds is 29. The predicted octanol–water partition coefficient (Wildman–Crippen LogP) is 8.70. The smallest absolute Gasteiger partial charge is 0.410 e. The number of aliphatic hydroxyl groups excluding tert-OH is 3. The normalized spacial score (nSPS) is 21.3. The average molecular weight is 992 g/mol. The minimum atomic E-state index is -1.62. The minimum Gasteiger partial charge on any atom is -0.459 e. The van der Waals surface area contributed by atoms with Gasteiger partial charge in [-0.25, -0.2) is 4.79 Å². The Labute approximate surface area is 419 Å². The van der Waals surface area contributed by atoms with E-state index in [1.807, 2.05) is 42.5 Å². The number of non-ortho nitro benzene ring substituents is 1. The summed E-state index contributed by atoms with van der Waals surface area (Å²) in [6, 6.07) is 27.1. The molecule has 0 aromatic heterocycles. The van der Waals surface area contributed by atoms with Crippen LogP contribution in [0, 0.1) is 27.9 Å². The third kappa shape index (κ3) is 13.3. The highest BCUT2D eigenvalue weighted by molar-refractivity contribution is 6.03. The van der Waals surface area contributed by atoms with Gasteiger partial charge in [-0.3, -0.25) is 19.8 Å². The SMILES string of the molecule is C=CCOC12Oc3ccc(Oc4cccc(C=O)c4)cc3C3C(CCCCO)C(CCCCO)C=C(C(=NOCc4ccc([N+](=O)[O-])cc4)CC1N(CCOCCO)C(=O)OCCOCc1ccccc1)C32. The van der Waals surface area contributed by atoms with E-state index in [0.29, 0.717) is 66.4 Å². The van der Waals surface area contributed by atoms with Crippen LogP contribution in [0.3, 0.4) is 0 Å². The summed E-state index contributed by atoms with van der Waals surface area (Å²) in [5.74, 6) is -1.39. The monoisotopic (exact) mass is 991 g/mol. The Morgan fingerprint density at radius 3 is 2.35 bits per heavy atom. The number of benzene rings is 4. The summed E-state index contributed by atoms with van der Waals surface area (Å²) >= 11 is 0. The summed E-state index contributed by atoms with van der Waals surface area (Å²) in [7, 11) is 0. The quantitative estimate of drug-likeness (QED) is 0.0152. The number of aldehydes is 1.